The zero-order valence-electron chi connectivity index (χ0n) is 38.0. The van der Waals surface area contributed by atoms with Gasteiger partial charge in [0.05, 0.1) is 0 Å². The maximum absolute atomic E-state index is 12.7. The predicted octanol–water partition coefficient (Wildman–Crippen LogP) is 15.7. The van der Waals surface area contributed by atoms with Crippen LogP contribution in [-0.2, 0) is 28.6 Å². The Bertz CT molecular complexity index is 1070. The van der Waals surface area contributed by atoms with Crippen molar-refractivity contribution in [1.82, 2.24) is 0 Å². The van der Waals surface area contributed by atoms with E-state index in [0.29, 0.717) is 19.3 Å². The van der Waals surface area contributed by atoms with Gasteiger partial charge in [-0.15, -0.1) is 0 Å². The Labute approximate surface area is 358 Å². The van der Waals surface area contributed by atoms with Crippen molar-refractivity contribution in [2.75, 3.05) is 13.2 Å². The van der Waals surface area contributed by atoms with E-state index in [9.17, 15) is 14.4 Å². The maximum Gasteiger partial charge on any atom is 0.306 e. The predicted molar refractivity (Wildman–Crippen MR) is 247 cm³/mol. The molecule has 0 heterocycles. The average Bonchev–Trinajstić information content (AvgIpc) is 3.22. The number of carbonyl (C=O) groups is 3. The smallest absolute Gasteiger partial charge is 0.306 e. The first-order chi connectivity index (χ1) is 28.5. The molecule has 0 amide bonds. The van der Waals surface area contributed by atoms with Crippen molar-refractivity contribution in [3.63, 3.8) is 0 Å². The van der Waals surface area contributed by atoms with E-state index in [1.165, 1.54) is 103 Å². The van der Waals surface area contributed by atoms with E-state index in [1.54, 1.807) is 0 Å². The van der Waals surface area contributed by atoms with Crippen molar-refractivity contribution in [3.8, 4) is 0 Å². The second-order valence-corrected chi connectivity index (χ2v) is 16.0. The van der Waals surface area contributed by atoms with E-state index in [-0.39, 0.29) is 37.5 Å². The molecule has 1 atom stereocenters. The van der Waals surface area contributed by atoms with Gasteiger partial charge in [-0.05, 0) is 89.9 Å². The van der Waals surface area contributed by atoms with Crippen LogP contribution in [0.5, 0.6) is 0 Å². The lowest BCUT2D eigenvalue weighted by Gasteiger charge is -2.18. The molecule has 0 N–H and O–H groups in total. The molecule has 334 valence electrons. The van der Waals surface area contributed by atoms with Gasteiger partial charge in [-0.1, -0.05) is 184 Å². The fraction of sp³-hybridized carbons (Fsp3) is 0.750. The van der Waals surface area contributed by atoms with Crippen LogP contribution >= 0.6 is 0 Å². The third kappa shape index (κ3) is 44.2. The number of allylic oxidation sites excluding steroid dienone is 10. The van der Waals surface area contributed by atoms with E-state index < -0.39 is 6.10 Å². The number of esters is 3. The van der Waals surface area contributed by atoms with Crippen LogP contribution in [0.25, 0.3) is 0 Å². The molecular formula is C52H90O6. The molecule has 0 spiro atoms. The van der Waals surface area contributed by atoms with Crippen molar-refractivity contribution >= 4 is 17.9 Å². The number of rotatable bonds is 43. The number of hydrogen-bond acceptors (Lipinski definition) is 6. The van der Waals surface area contributed by atoms with Gasteiger partial charge >= 0.3 is 17.9 Å². The minimum atomic E-state index is -0.810. The van der Waals surface area contributed by atoms with Crippen molar-refractivity contribution in [2.24, 2.45) is 0 Å². The van der Waals surface area contributed by atoms with Gasteiger partial charge in [0.1, 0.15) is 13.2 Å². The van der Waals surface area contributed by atoms with Crippen molar-refractivity contribution in [3.05, 3.63) is 60.8 Å². The number of ether oxygens (including phenoxy) is 3. The molecule has 6 heteroatoms. The van der Waals surface area contributed by atoms with Gasteiger partial charge in [0.2, 0.25) is 0 Å². The monoisotopic (exact) mass is 811 g/mol. The lowest BCUT2D eigenvalue weighted by molar-refractivity contribution is -0.166. The SMILES string of the molecule is CCCC/C=C\CCCCCCC(=O)OCC(COC(=O)CCCCCCCCC/C=C\C/C=C\CCCCC)OC(=O)CC/C=C\C/C=C\CCCCCCCC. The standard InChI is InChI=1S/C52H90O6/c1-4-7-10-13-16-19-22-24-25-26-27-29-30-33-36-39-42-45-51(54)57-48-49(47-56-50(53)44-41-38-35-32-21-18-15-12-9-6-3)58-52(55)46-43-40-37-34-31-28-23-20-17-14-11-8-5-2/h15-16,18-19,24-25,28,31,37,40,49H,4-14,17,20-23,26-27,29-30,32-36,38-39,41-48H2,1-3H3/b18-15-,19-16-,25-24-,31-28-,40-37-. The molecule has 0 saturated carbocycles. The summed E-state index contributed by atoms with van der Waals surface area (Å²) in [7, 11) is 0. The minimum absolute atomic E-state index is 0.105. The summed E-state index contributed by atoms with van der Waals surface area (Å²) in [6, 6.07) is 0. The average molecular weight is 811 g/mol. The zero-order chi connectivity index (χ0) is 42.3. The van der Waals surface area contributed by atoms with E-state index in [1.807, 2.05) is 6.08 Å². The minimum Gasteiger partial charge on any atom is -0.462 e. The molecule has 0 aliphatic carbocycles. The van der Waals surface area contributed by atoms with Crippen LogP contribution < -0.4 is 0 Å². The molecule has 0 saturated heterocycles. The summed E-state index contributed by atoms with van der Waals surface area (Å²) >= 11 is 0. The largest absolute Gasteiger partial charge is 0.462 e. The zero-order valence-corrected chi connectivity index (χ0v) is 38.0. The van der Waals surface area contributed by atoms with E-state index in [0.717, 1.165) is 83.5 Å². The molecule has 58 heavy (non-hydrogen) atoms. The second-order valence-electron chi connectivity index (χ2n) is 16.0. The summed E-state index contributed by atoms with van der Waals surface area (Å²) in [5, 5.41) is 0. The topological polar surface area (TPSA) is 78.9 Å². The first-order valence-corrected chi connectivity index (χ1v) is 24.3. The van der Waals surface area contributed by atoms with Gasteiger partial charge in [0.15, 0.2) is 6.10 Å². The van der Waals surface area contributed by atoms with Gasteiger partial charge in [-0.3, -0.25) is 14.4 Å². The van der Waals surface area contributed by atoms with Gasteiger partial charge in [-0.2, -0.15) is 0 Å². The van der Waals surface area contributed by atoms with Gasteiger partial charge in [0, 0.05) is 19.3 Å². The highest BCUT2D eigenvalue weighted by Crippen LogP contribution is 2.13. The van der Waals surface area contributed by atoms with Crippen LogP contribution in [-0.4, -0.2) is 37.2 Å². The summed E-state index contributed by atoms with van der Waals surface area (Å²) in [5.41, 5.74) is 0. The Morgan fingerprint density at radius 1 is 0.345 bits per heavy atom. The highest BCUT2D eigenvalue weighted by Gasteiger charge is 2.19. The van der Waals surface area contributed by atoms with Crippen molar-refractivity contribution < 1.29 is 28.6 Å². The van der Waals surface area contributed by atoms with Gasteiger partial charge < -0.3 is 14.2 Å². The fourth-order valence-electron chi connectivity index (χ4n) is 6.50. The molecule has 1 unspecified atom stereocenters. The Kier molecular flexibility index (Phi) is 44.5. The number of hydrogen-bond donors (Lipinski definition) is 0. The van der Waals surface area contributed by atoms with Crippen LogP contribution in [0, 0.1) is 0 Å². The van der Waals surface area contributed by atoms with Gasteiger partial charge in [0.25, 0.3) is 0 Å². The quantitative estimate of drug-likeness (QED) is 0.0264. The fourth-order valence-corrected chi connectivity index (χ4v) is 6.50. The Morgan fingerprint density at radius 3 is 1.12 bits per heavy atom. The molecule has 0 aromatic heterocycles. The molecule has 0 fully saturated rings. The van der Waals surface area contributed by atoms with E-state index >= 15 is 0 Å². The first kappa shape index (κ1) is 55.1. The second kappa shape index (κ2) is 46.8. The van der Waals surface area contributed by atoms with Crippen LogP contribution in [0.3, 0.4) is 0 Å². The van der Waals surface area contributed by atoms with Crippen molar-refractivity contribution in [1.29, 1.82) is 0 Å². The summed E-state index contributed by atoms with van der Waals surface area (Å²) in [6.45, 7) is 6.48. The van der Waals surface area contributed by atoms with Crippen LogP contribution in [0.15, 0.2) is 60.8 Å². The van der Waals surface area contributed by atoms with Crippen molar-refractivity contribution in [2.45, 2.75) is 239 Å². The summed E-state index contributed by atoms with van der Waals surface area (Å²) in [5.74, 6) is -0.996. The van der Waals surface area contributed by atoms with Gasteiger partial charge in [-0.25, -0.2) is 0 Å². The molecule has 6 nitrogen and oxygen atoms in total. The molecule has 0 aliphatic heterocycles. The lowest BCUT2D eigenvalue weighted by atomic mass is 10.1. The molecule has 0 radical (unpaired) electrons. The summed E-state index contributed by atoms with van der Waals surface area (Å²) in [6.07, 6.45) is 56.4. The van der Waals surface area contributed by atoms with Crippen LogP contribution in [0.1, 0.15) is 233 Å². The van der Waals surface area contributed by atoms with E-state index in [4.69, 9.17) is 14.2 Å². The Morgan fingerprint density at radius 2 is 0.672 bits per heavy atom. The van der Waals surface area contributed by atoms with Crippen LogP contribution in [0.4, 0.5) is 0 Å². The third-order valence-corrected chi connectivity index (χ3v) is 10.2. The first-order valence-electron chi connectivity index (χ1n) is 24.3. The molecule has 0 aromatic carbocycles. The van der Waals surface area contributed by atoms with E-state index in [2.05, 4.69) is 75.5 Å². The number of carbonyl (C=O) groups excluding carboxylic acids is 3. The highest BCUT2D eigenvalue weighted by molar-refractivity contribution is 5.71. The molecule has 0 aliphatic rings. The Hall–Kier alpha value is -2.89. The van der Waals surface area contributed by atoms with Crippen LogP contribution in [0.2, 0.25) is 0 Å². The normalized spacial score (nSPS) is 12.5. The highest BCUT2D eigenvalue weighted by atomic mass is 16.6. The Balaban J connectivity index is 4.43. The molecular weight excluding hydrogens is 721 g/mol. The molecule has 0 rings (SSSR count). The summed E-state index contributed by atoms with van der Waals surface area (Å²) < 4.78 is 16.7. The lowest BCUT2D eigenvalue weighted by Crippen LogP contribution is -2.30. The molecule has 0 aromatic rings. The number of unbranched alkanes of at least 4 members (excludes halogenated alkanes) is 22. The molecule has 0 bridgehead atoms. The summed E-state index contributed by atoms with van der Waals surface area (Å²) in [4.78, 5) is 37.8. The maximum atomic E-state index is 12.7. The third-order valence-electron chi connectivity index (χ3n) is 10.2.